The van der Waals surface area contributed by atoms with E-state index in [9.17, 15) is 9.50 Å². The molecular weight excluding hydrogens is 592 g/mol. The normalized spacial score (nSPS) is 20.5. The van der Waals surface area contributed by atoms with E-state index in [1.807, 2.05) is 11.9 Å². The number of terminal acetylenes is 1. The first kappa shape index (κ1) is 30.5. The Hall–Kier alpha value is -4.15. The number of fused-ring (bicyclic) bond motifs is 2. The van der Waals surface area contributed by atoms with E-state index >= 15 is 4.39 Å². The van der Waals surface area contributed by atoms with Gasteiger partial charge in [-0.2, -0.15) is 9.97 Å². The molecule has 1 aliphatic carbocycles. The van der Waals surface area contributed by atoms with Crippen molar-refractivity contribution in [3.05, 3.63) is 47.7 Å². The number of aromatic hydroxyl groups is 1. The van der Waals surface area contributed by atoms with Gasteiger partial charge < -0.3 is 30.1 Å². The Bertz CT molecular complexity index is 1840. The highest BCUT2D eigenvalue weighted by Crippen LogP contribution is 2.47. The molecule has 2 aliphatic heterocycles. The van der Waals surface area contributed by atoms with E-state index in [2.05, 4.69) is 25.7 Å². The van der Waals surface area contributed by atoms with Gasteiger partial charge in [0.1, 0.15) is 28.6 Å². The largest absolute Gasteiger partial charge is 0.508 e. The number of halogens is 2. The molecule has 4 aromatic rings. The Morgan fingerprint density at radius 2 is 1.93 bits per heavy atom. The van der Waals surface area contributed by atoms with Crippen molar-refractivity contribution in [1.82, 2.24) is 24.8 Å². The van der Waals surface area contributed by atoms with Gasteiger partial charge >= 0.3 is 6.01 Å². The molecule has 1 saturated carbocycles. The summed E-state index contributed by atoms with van der Waals surface area (Å²) in [7, 11) is 2.01. The Morgan fingerprint density at radius 3 is 2.70 bits per heavy atom. The van der Waals surface area contributed by atoms with Crippen molar-refractivity contribution in [2.24, 2.45) is 11.1 Å². The molecule has 0 unspecified atom stereocenters. The van der Waals surface area contributed by atoms with Gasteiger partial charge in [-0.1, -0.05) is 12.0 Å². The van der Waals surface area contributed by atoms with Crippen LogP contribution in [0, 0.1) is 29.4 Å². The number of pyridine rings is 1. The number of likely N-dealkylation sites (N-methyl/N-ethyl adjacent to an activating group) is 1. The molecule has 46 heavy (non-hydrogen) atoms. The third-order valence-electron chi connectivity index (χ3n) is 9.27. The average molecular weight is 630 g/mol. The lowest BCUT2D eigenvalue weighted by Gasteiger charge is -2.30. The lowest BCUT2D eigenvalue weighted by Crippen LogP contribution is -2.41. The van der Waals surface area contributed by atoms with Gasteiger partial charge in [-0.15, -0.1) is 6.42 Å². The summed E-state index contributed by atoms with van der Waals surface area (Å²) >= 11 is 0. The van der Waals surface area contributed by atoms with Crippen molar-refractivity contribution < 1.29 is 23.4 Å². The van der Waals surface area contributed by atoms with Gasteiger partial charge in [0, 0.05) is 74.4 Å². The minimum absolute atomic E-state index is 0.00403. The Balaban J connectivity index is 1.33. The highest BCUT2D eigenvalue weighted by molar-refractivity contribution is 6.03. The van der Waals surface area contributed by atoms with E-state index in [1.54, 1.807) is 0 Å². The molecule has 3 aliphatic rings. The molecule has 3 N–H and O–H groups in total. The second-order valence-corrected chi connectivity index (χ2v) is 12.8. The van der Waals surface area contributed by atoms with Gasteiger partial charge in [-0.25, -0.2) is 8.78 Å². The van der Waals surface area contributed by atoms with Gasteiger partial charge in [0.25, 0.3) is 0 Å². The van der Waals surface area contributed by atoms with E-state index in [0.717, 1.165) is 52.2 Å². The molecule has 12 heteroatoms. The molecule has 240 valence electrons. The number of rotatable bonds is 7. The van der Waals surface area contributed by atoms with Crippen molar-refractivity contribution in [3.63, 3.8) is 0 Å². The first-order valence-electron chi connectivity index (χ1n) is 15.6. The fourth-order valence-electron chi connectivity index (χ4n) is 6.65. The minimum atomic E-state index is -0.754. The lowest BCUT2D eigenvalue weighted by atomic mass is 9.96. The zero-order chi connectivity index (χ0) is 32.0. The maximum Gasteiger partial charge on any atom is 0.319 e. The van der Waals surface area contributed by atoms with Gasteiger partial charge in [-0.3, -0.25) is 9.88 Å². The summed E-state index contributed by atoms with van der Waals surface area (Å²) in [5, 5.41) is 11.7. The second kappa shape index (κ2) is 12.2. The molecule has 0 bridgehead atoms. The molecule has 0 radical (unpaired) electrons. The highest BCUT2D eigenvalue weighted by atomic mass is 19.1. The lowest BCUT2D eigenvalue weighted by molar-refractivity contribution is 0.0231. The number of benzene rings is 2. The van der Waals surface area contributed by atoms with Crippen molar-refractivity contribution in [3.8, 4) is 35.4 Å². The van der Waals surface area contributed by atoms with Crippen LogP contribution in [-0.2, 0) is 4.74 Å². The maximum absolute atomic E-state index is 16.8. The van der Waals surface area contributed by atoms with Crippen LogP contribution in [0.3, 0.4) is 0 Å². The molecule has 3 fully saturated rings. The topological polar surface area (TPSA) is 113 Å². The highest BCUT2D eigenvalue weighted by Gasteiger charge is 2.45. The van der Waals surface area contributed by atoms with Crippen LogP contribution in [-0.4, -0.2) is 109 Å². The van der Waals surface area contributed by atoms with Gasteiger partial charge in [-0.05, 0) is 43.5 Å². The van der Waals surface area contributed by atoms with Crippen molar-refractivity contribution >= 4 is 27.5 Å². The average Bonchev–Trinajstić information content (AvgIpc) is 3.83. The maximum atomic E-state index is 16.8. The third kappa shape index (κ3) is 5.91. The molecular formula is C34H37F2N7O3. The number of morpholine rings is 1. The van der Waals surface area contributed by atoms with Gasteiger partial charge in [0.15, 0.2) is 5.82 Å². The predicted octanol–water partition coefficient (Wildman–Crippen LogP) is 3.38. The minimum Gasteiger partial charge on any atom is -0.508 e. The standard InChI is InChI=1S/C34H37F2N7O3/c1-3-24-27(35)5-4-21-14-23(44)15-25(28(21)24)30-29(36)31-26(16-38-30)32(43-9-8-41(2)17-22(37)18-43)40-33(39-31)46-20-34(6-7-34)19-42-10-12-45-13-11-42/h1,4-5,14-16,22,44H,6-13,17-20,37H2,2H3/t22-/m0/s1. The van der Waals surface area contributed by atoms with Crippen LogP contribution in [0.5, 0.6) is 11.8 Å². The smallest absolute Gasteiger partial charge is 0.319 e. The molecule has 0 amide bonds. The fourth-order valence-corrected chi connectivity index (χ4v) is 6.65. The van der Waals surface area contributed by atoms with Crippen LogP contribution >= 0.6 is 0 Å². The molecule has 2 aromatic carbocycles. The molecule has 2 aromatic heterocycles. The van der Waals surface area contributed by atoms with E-state index < -0.39 is 11.6 Å². The van der Waals surface area contributed by atoms with Crippen LogP contribution < -0.4 is 15.4 Å². The van der Waals surface area contributed by atoms with Crippen molar-refractivity contribution in [2.75, 3.05) is 77.6 Å². The SMILES string of the molecule is C#Cc1c(F)ccc2cc(O)cc(-c3ncc4c(N5CCN(C)C[C@H](N)C5)nc(OCC5(CN6CCOCC6)CC5)nc4c3F)c12. The summed E-state index contributed by atoms with van der Waals surface area (Å²) in [5.41, 5.74) is 6.44. The molecule has 1 atom stereocenters. The summed E-state index contributed by atoms with van der Waals surface area (Å²) in [6.07, 6.45) is 9.25. The second-order valence-electron chi connectivity index (χ2n) is 12.8. The zero-order valence-corrected chi connectivity index (χ0v) is 25.8. The third-order valence-corrected chi connectivity index (χ3v) is 9.27. The molecule has 0 spiro atoms. The van der Waals surface area contributed by atoms with Crippen LogP contribution in [0.25, 0.3) is 32.9 Å². The monoisotopic (exact) mass is 629 g/mol. The molecule has 7 rings (SSSR count). The number of nitrogens with two attached hydrogens (primary N) is 1. The van der Waals surface area contributed by atoms with E-state index in [0.29, 0.717) is 42.8 Å². The van der Waals surface area contributed by atoms with Crippen LogP contribution in [0.2, 0.25) is 0 Å². The summed E-state index contributed by atoms with van der Waals surface area (Å²) in [6.45, 7) is 7.08. The summed E-state index contributed by atoms with van der Waals surface area (Å²) in [6, 6.07) is 5.42. The Labute approximate surface area is 266 Å². The number of ether oxygens (including phenoxy) is 2. The summed E-state index contributed by atoms with van der Waals surface area (Å²) in [4.78, 5) is 20.5. The quantitative estimate of drug-likeness (QED) is 0.295. The number of aromatic nitrogens is 3. The molecule has 10 nitrogen and oxygen atoms in total. The fraction of sp³-hybridized carbons (Fsp3) is 0.441. The first-order valence-corrected chi connectivity index (χ1v) is 15.6. The number of hydrogen-bond acceptors (Lipinski definition) is 10. The Kier molecular flexibility index (Phi) is 8.10. The first-order chi connectivity index (χ1) is 22.2. The number of anilines is 1. The molecule has 4 heterocycles. The Morgan fingerprint density at radius 1 is 1.13 bits per heavy atom. The van der Waals surface area contributed by atoms with Crippen molar-refractivity contribution in [1.29, 1.82) is 0 Å². The number of phenols is 1. The van der Waals surface area contributed by atoms with E-state index in [-0.39, 0.29) is 50.9 Å². The van der Waals surface area contributed by atoms with Gasteiger partial charge in [0.2, 0.25) is 0 Å². The summed E-state index contributed by atoms with van der Waals surface area (Å²) < 4.78 is 43.4. The zero-order valence-electron chi connectivity index (χ0n) is 25.8. The van der Waals surface area contributed by atoms with E-state index in [1.165, 1.54) is 30.5 Å². The predicted molar refractivity (Wildman–Crippen MR) is 172 cm³/mol. The van der Waals surface area contributed by atoms with Crippen LogP contribution in [0.15, 0.2) is 30.5 Å². The molecule has 2 saturated heterocycles. The van der Waals surface area contributed by atoms with Crippen LogP contribution in [0.4, 0.5) is 14.6 Å². The summed E-state index contributed by atoms with van der Waals surface area (Å²) in [5.74, 6) is 1.35. The van der Waals surface area contributed by atoms with E-state index in [4.69, 9.17) is 26.6 Å². The number of nitrogens with zero attached hydrogens (tertiary/aromatic N) is 6. The van der Waals surface area contributed by atoms with Crippen molar-refractivity contribution in [2.45, 2.75) is 18.9 Å². The number of hydrogen-bond donors (Lipinski definition) is 2. The van der Waals surface area contributed by atoms with Gasteiger partial charge in [0.05, 0.1) is 30.8 Å². The number of phenolic OH excluding ortho intramolecular Hbond substituents is 1. The van der Waals surface area contributed by atoms with Crippen LogP contribution in [0.1, 0.15) is 18.4 Å².